The second kappa shape index (κ2) is 8.14. The van der Waals surface area contributed by atoms with Crippen LogP contribution in [0.5, 0.6) is 0 Å². The summed E-state index contributed by atoms with van der Waals surface area (Å²) in [4.78, 5) is 16.8. The van der Waals surface area contributed by atoms with Crippen LogP contribution in [0.15, 0.2) is 53.9 Å². The highest BCUT2D eigenvalue weighted by atomic mass is 32.2. The molecular formula is C20H23N5O3S. The predicted molar refractivity (Wildman–Crippen MR) is 110 cm³/mol. The van der Waals surface area contributed by atoms with Crippen molar-refractivity contribution >= 4 is 21.6 Å². The van der Waals surface area contributed by atoms with E-state index in [-0.39, 0.29) is 10.8 Å². The summed E-state index contributed by atoms with van der Waals surface area (Å²) in [6, 6.07) is 10.5. The standard InChI is InChI=1S/C20H23N5O3S/c1-14-9-17(10-19(15(14)2)29(27,28)24(3)4)20(26)23-18-7-5-16(6-8-18)11-25-13-21-12-22-25/h5-10,12-13H,11H2,1-4H3,(H,23,26). The molecule has 0 radical (unpaired) electrons. The quantitative estimate of drug-likeness (QED) is 0.669. The Labute approximate surface area is 170 Å². The van der Waals surface area contributed by atoms with Crippen molar-refractivity contribution in [1.29, 1.82) is 0 Å². The monoisotopic (exact) mass is 413 g/mol. The number of anilines is 1. The molecule has 0 saturated carbocycles. The van der Waals surface area contributed by atoms with E-state index in [1.54, 1.807) is 43.1 Å². The number of aryl methyl sites for hydroxylation is 1. The second-order valence-corrected chi connectivity index (χ2v) is 9.07. The van der Waals surface area contributed by atoms with Crippen LogP contribution in [0.4, 0.5) is 5.69 Å². The Balaban J connectivity index is 1.81. The van der Waals surface area contributed by atoms with Crippen LogP contribution in [0.3, 0.4) is 0 Å². The van der Waals surface area contributed by atoms with Crippen molar-refractivity contribution < 1.29 is 13.2 Å². The van der Waals surface area contributed by atoms with Crippen molar-refractivity contribution in [2.45, 2.75) is 25.3 Å². The van der Waals surface area contributed by atoms with Crippen LogP contribution >= 0.6 is 0 Å². The van der Waals surface area contributed by atoms with Crippen molar-refractivity contribution in [1.82, 2.24) is 19.1 Å². The Kier molecular flexibility index (Phi) is 5.81. The number of amides is 1. The lowest BCUT2D eigenvalue weighted by molar-refractivity contribution is 0.102. The fourth-order valence-corrected chi connectivity index (χ4v) is 4.04. The van der Waals surface area contributed by atoms with E-state index in [1.165, 1.54) is 26.5 Å². The maximum Gasteiger partial charge on any atom is 0.255 e. The van der Waals surface area contributed by atoms with Crippen molar-refractivity contribution in [3.05, 3.63) is 71.3 Å². The number of hydrogen-bond donors (Lipinski definition) is 1. The molecule has 0 atom stereocenters. The van der Waals surface area contributed by atoms with Gasteiger partial charge in [-0.1, -0.05) is 12.1 Å². The number of nitrogens with one attached hydrogen (secondary N) is 1. The van der Waals surface area contributed by atoms with Gasteiger partial charge in [0.2, 0.25) is 10.0 Å². The van der Waals surface area contributed by atoms with Crippen LogP contribution in [0.1, 0.15) is 27.0 Å². The fraction of sp³-hybridized carbons (Fsp3) is 0.250. The van der Waals surface area contributed by atoms with Gasteiger partial charge in [-0.15, -0.1) is 0 Å². The molecule has 0 aliphatic carbocycles. The van der Waals surface area contributed by atoms with Crippen LogP contribution in [0.25, 0.3) is 0 Å². The molecule has 9 heteroatoms. The van der Waals surface area contributed by atoms with Crippen LogP contribution in [-0.4, -0.2) is 47.5 Å². The number of rotatable bonds is 6. The largest absolute Gasteiger partial charge is 0.322 e. The zero-order chi connectivity index (χ0) is 21.2. The Morgan fingerprint density at radius 1 is 1.14 bits per heavy atom. The Hall–Kier alpha value is -3.04. The molecule has 0 aliphatic rings. The first kappa shape index (κ1) is 20.7. The molecule has 0 bridgehead atoms. The first-order valence-electron chi connectivity index (χ1n) is 8.95. The zero-order valence-electron chi connectivity index (χ0n) is 16.7. The van der Waals surface area contributed by atoms with Crippen LogP contribution < -0.4 is 5.32 Å². The SMILES string of the molecule is Cc1cc(C(=O)Nc2ccc(Cn3cncn3)cc2)cc(S(=O)(=O)N(C)C)c1C. The number of carbonyl (C=O) groups excluding carboxylic acids is 1. The van der Waals surface area contributed by atoms with Gasteiger partial charge in [0, 0.05) is 25.3 Å². The molecule has 3 aromatic rings. The summed E-state index contributed by atoms with van der Waals surface area (Å²) < 4.78 is 28.0. The van der Waals surface area contributed by atoms with E-state index in [1.807, 2.05) is 12.1 Å². The maximum absolute atomic E-state index is 12.7. The molecule has 0 unspecified atom stereocenters. The van der Waals surface area contributed by atoms with E-state index in [0.717, 1.165) is 15.4 Å². The molecule has 8 nitrogen and oxygen atoms in total. The molecular weight excluding hydrogens is 390 g/mol. The van der Waals surface area contributed by atoms with Gasteiger partial charge in [-0.25, -0.2) is 22.4 Å². The van der Waals surface area contributed by atoms with E-state index >= 15 is 0 Å². The van der Waals surface area contributed by atoms with Gasteiger partial charge in [0.1, 0.15) is 12.7 Å². The molecule has 1 amide bonds. The Bertz CT molecular complexity index is 1120. The normalized spacial score (nSPS) is 11.6. The minimum absolute atomic E-state index is 0.135. The van der Waals surface area contributed by atoms with Gasteiger partial charge in [0.05, 0.1) is 11.4 Å². The van der Waals surface area contributed by atoms with E-state index in [2.05, 4.69) is 15.4 Å². The number of carbonyl (C=O) groups is 1. The first-order valence-corrected chi connectivity index (χ1v) is 10.4. The van der Waals surface area contributed by atoms with E-state index in [0.29, 0.717) is 23.4 Å². The molecule has 2 aromatic carbocycles. The number of sulfonamides is 1. The molecule has 0 aliphatic heterocycles. The van der Waals surface area contributed by atoms with Crippen LogP contribution in [0, 0.1) is 13.8 Å². The fourth-order valence-electron chi connectivity index (χ4n) is 2.82. The number of aromatic nitrogens is 3. The van der Waals surface area contributed by atoms with Crippen molar-refractivity contribution in [2.24, 2.45) is 0 Å². The summed E-state index contributed by atoms with van der Waals surface area (Å²) in [7, 11) is -0.710. The topological polar surface area (TPSA) is 97.2 Å². The van der Waals surface area contributed by atoms with Crippen molar-refractivity contribution in [3.63, 3.8) is 0 Å². The van der Waals surface area contributed by atoms with Gasteiger partial charge in [0.25, 0.3) is 5.91 Å². The van der Waals surface area contributed by atoms with Gasteiger partial charge in [-0.3, -0.25) is 4.79 Å². The van der Waals surface area contributed by atoms with E-state index in [4.69, 9.17) is 0 Å². The van der Waals surface area contributed by atoms with Crippen molar-refractivity contribution in [3.8, 4) is 0 Å². The summed E-state index contributed by atoms with van der Waals surface area (Å²) in [6.45, 7) is 4.11. The van der Waals surface area contributed by atoms with Gasteiger partial charge < -0.3 is 5.32 Å². The van der Waals surface area contributed by atoms with Crippen LogP contribution in [-0.2, 0) is 16.6 Å². The molecule has 3 rings (SSSR count). The zero-order valence-corrected chi connectivity index (χ0v) is 17.6. The number of benzene rings is 2. The summed E-state index contributed by atoms with van der Waals surface area (Å²) in [6.07, 6.45) is 3.11. The molecule has 0 spiro atoms. The lowest BCUT2D eigenvalue weighted by atomic mass is 10.1. The highest BCUT2D eigenvalue weighted by Gasteiger charge is 2.23. The highest BCUT2D eigenvalue weighted by Crippen LogP contribution is 2.24. The maximum atomic E-state index is 12.7. The first-order chi connectivity index (χ1) is 13.7. The van der Waals surface area contributed by atoms with Crippen molar-refractivity contribution in [2.75, 3.05) is 19.4 Å². The number of nitrogens with zero attached hydrogens (tertiary/aromatic N) is 4. The molecule has 1 N–H and O–H groups in total. The summed E-state index contributed by atoms with van der Waals surface area (Å²) in [5, 5.41) is 6.88. The molecule has 1 heterocycles. The summed E-state index contributed by atoms with van der Waals surface area (Å²) in [5.41, 5.74) is 3.29. The van der Waals surface area contributed by atoms with E-state index < -0.39 is 10.0 Å². The third kappa shape index (κ3) is 4.52. The molecule has 0 fully saturated rings. The third-order valence-electron chi connectivity index (χ3n) is 4.66. The highest BCUT2D eigenvalue weighted by molar-refractivity contribution is 7.89. The van der Waals surface area contributed by atoms with Gasteiger partial charge >= 0.3 is 0 Å². The molecule has 29 heavy (non-hydrogen) atoms. The minimum atomic E-state index is -3.65. The lowest BCUT2D eigenvalue weighted by Crippen LogP contribution is -2.24. The molecule has 1 aromatic heterocycles. The molecule has 0 saturated heterocycles. The predicted octanol–water partition coefficient (Wildman–Crippen LogP) is 2.45. The van der Waals surface area contributed by atoms with Gasteiger partial charge in [-0.05, 0) is 54.8 Å². The van der Waals surface area contributed by atoms with Gasteiger partial charge in [-0.2, -0.15) is 5.10 Å². The average molecular weight is 414 g/mol. The third-order valence-corrected chi connectivity index (χ3v) is 6.60. The lowest BCUT2D eigenvalue weighted by Gasteiger charge is -2.16. The molecule has 152 valence electrons. The number of hydrogen-bond acceptors (Lipinski definition) is 5. The minimum Gasteiger partial charge on any atom is -0.322 e. The average Bonchev–Trinajstić information content (AvgIpc) is 3.18. The second-order valence-electron chi connectivity index (χ2n) is 6.95. The Morgan fingerprint density at radius 2 is 1.83 bits per heavy atom. The summed E-state index contributed by atoms with van der Waals surface area (Å²) >= 11 is 0. The van der Waals surface area contributed by atoms with E-state index in [9.17, 15) is 13.2 Å². The summed E-state index contributed by atoms with van der Waals surface area (Å²) in [5.74, 6) is -0.368. The van der Waals surface area contributed by atoms with Crippen LogP contribution in [0.2, 0.25) is 0 Å². The van der Waals surface area contributed by atoms with Gasteiger partial charge in [0.15, 0.2) is 0 Å². The smallest absolute Gasteiger partial charge is 0.255 e. The Morgan fingerprint density at radius 3 is 2.41 bits per heavy atom.